The van der Waals surface area contributed by atoms with Crippen molar-refractivity contribution in [2.24, 2.45) is 0 Å². The standard InChI is InChI=1S/C37H24N2Si/c38-25-26-18-20-28(21-19-26)40(36-16-8-5-13-31(36)32-14-6-9-17-37(32)40)29-22-23-35-33(24-29)30-12-4-7-15-34(30)39(35)27-10-2-1-3-11-27/h1-24H. The summed E-state index contributed by atoms with van der Waals surface area (Å²) in [6, 6.07) is 55.0. The Morgan fingerprint density at radius 1 is 0.500 bits per heavy atom. The summed E-state index contributed by atoms with van der Waals surface area (Å²) in [6.07, 6.45) is 0. The van der Waals surface area contributed by atoms with E-state index in [1.807, 2.05) is 12.1 Å². The van der Waals surface area contributed by atoms with Gasteiger partial charge in [0.05, 0.1) is 22.7 Å². The summed E-state index contributed by atoms with van der Waals surface area (Å²) in [6.45, 7) is 0. The second kappa shape index (κ2) is 8.67. The lowest BCUT2D eigenvalue weighted by molar-refractivity contribution is 1.18. The van der Waals surface area contributed by atoms with E-state index in [-0.39, 0.29) is 0 Å². The number of hydrogen-bond acceptors (Lipinski definition) is 1. The summed E-state index contributed by atoms with van der Waals surface area (Å²) < 4.78 is 2.38. The van der Waals surface area contributed by atoms with Crippen LogP contribution in [-0.4, -0.2) is 12.6 Å². The minimum absolute atomic E-state index is 0.689. The molecular weight excluding hydrogens is 501 g/mol. The van der Waals surface area contributed by atoms with Gasteiger partial charge in [-0.05, 0) is 68.3 Å². The molecule has 8 rings (SSSR count). The highest BCUT2D eigenvalue weighted by Crippen LogP contribution is 2.33. The molecule has 0 amide bonds. The van der Waals surface area contributed by atoms with E-state index in [0.29, 0.717) is 5.56 Å². The van der Waals surface area contributed by atoms with E-state index in [9.17, 15) is 5.26 Å². The van der Waals surface area contributed by atoms with Gasteiger partial charge < -0.3 is 4.57 Å². The molecule has 7 aromatic rings. The summed E-state index contributed by atoms with van der Waals surface area (Å²) >= 11 is 0. The highest BCUT2D eigenvalue weighted by atomic mass is 28.3. The predicted octanol–water partition coefficient (Wildman–Crippen LogP) is 6.01. The van der Waals surface area contributed by atoms with Crippen LogP contribution in [-0.2, 0) is 0 Å². The second-order valence-electron chi connectivity index (χ2n) is 10.5. The van der Waals surface area contributed by atoms with Gasteiger partial charge in [0.1, 0.15) is 0 Å². The fourth-order valence-corrected chi connectivity index (χ4v) is 12.0. The zero-order chi connectivity index (χ0) is 26.7. The van der Waals surface area contributed by atoms with Crippen molar-refractivity contribution in [3.05, 3.63) is 151 Å². The molecule has 0 fully saturated rings. The van der Waals surface area contributed by atoms with Gasteiger partial charge in [0.2, 0.25) is 0 Å². The highest BCUT2D eigenvalue weighted by molar-refractivity contribution is 7.22. The van der Waals surface area contributed by atoms with Crippen LogP contribution in [0.4, 0.5) is 0 Å². The van der Waals surface area contributed by atoms with Gasteiger partial charge in [0.15, 0.2) is 8.07 Å². The van der Waals surface area contributed by atoms with E-state index in [1.165, 1.54) is 53.7 Å². The number of aromatic nitrogens is 1. The van der Waals surface area contributed by atoms with Gasteiger partial charge in [-0.15, -0.1) is 0 Å². The topological polar surface area (TPSA) is 28.7 Å². The molecule has 0 unspecified atom stereocenters. The number of para-hydroxylation sites is 2. The quantitative estimate of drug-likeness (QED) is 0.260. The molecule has 6 aromatic carbocycles. The lowest BCUT2D eigenvalue weighted by Gasteiger charge is -2.31. The van der Waals surface area contributed by atoms with Crippen molar-refractivity contribution in [1.82, 2.24) is 4.57 Å². The Hall–Kier alpha value is -5.17. The molecule has 40 heavy (non-hydrogen) atoms. The van der Waals surface area contributed by atoms with Gasteiger partial charge >= 0.3 is 0 Å². The molecule has 1 aliphatic heterocycles. The zero-order valence-corrected chi connectivity index (χ0v) is 22.8. The Balaban J connectivity index is 1.50. The largest absolute Gasteiger partial charge is 0.309 e. The van der Waals surface area contributed by atoms with Crippen LogP contribution < -0.4 is 20.7 Å². The molecule has 0 radical (unpaired) electrons. The van der Waals surface area contributed by atoms with E-state index in [1.54, 1.807) is 0 Å². The lowest BCUT2D eigenvalue weighted by atomic mass is 10.1. The minimum Gasteiger partial charge on any atom is -0.309 e. The first-order valence-electron chi connectivity index (χ1n) is 13.6. The molecule has 0 saturated heterocycles. The number of rotatable bonds is 3. The minimum atomic E-state index is -2.65. The van der Waals surface area contributed by atoms with Crippen molar-refractivity contribution in [2.75, 3.05) is 0 Å². The smallest absolute Gasteiger partial charge is 0.180 e. The van der Waals surface area contributed by atoms with E-state index >= 15 is 0 Å². The fourth-order valence-electron chi connectivity index (χ4n) is 6.88. The molecule has 3 heteroatoms. The molecule has 2 heterocycles. The normalized spacial score (nSPS) is 13.2. The second-order valence-corrected chi connectivity index (χ2v) is 14.2. The average Bonchev–Trinajstić information content (AvgIpc) is 3.52. The van der Waals surface area contributed by atoms with Crippen molar-refractivity contribution >= 4 is 50.6 Å². The maximum atomic E-state index is 9.56. The first-order valence-corrected chi connectivity index (χ1v) is 15.6. The maximum absolute atomic E-state index is 9.56. The van der Waals surface area contributed by atoms with Gasteiger partial charge in [0.25, 0.3) is 0 Å². The number of nitriles is 1. The van der Waals surface area contributed by atoms with Crippen LogP contribution in [0.15, 0.2) is 146 Å². The average molecular weight is 525 g/mol. The van der Waals surface area contributed by atoms with Crippen LogP contribution in [0, 0.1) is 11.3 Å². The molecule has 0 saturated carbocycles. The third kappa shape index (κ3) is 3.03. The number of fused-ring (bicyclic) bond motifs is 6. The Kier molecular flexibility index (Phi) is 4.94. The molecule has 0 bridgehead atoms. The molecule has 186 valence electrons. The SMILES string of the molecule is N#Cc1ccc([Si]2(c3ccc4c(c3)c3ccccc3n4-c3ccccc3)c3ccccc3-c3ccccc32)cc1. The van der Waals surface area contributed by atoms with E-state index in [2.05, 4.69) is 144 Å². The highest BCUT2D eigenvalue weighted by Gasteiger charge is 2.48. The molecule has 0 N–H and O–H groups in total. The van der Waals surface area contributed by atoms with Crippen LogP contribution in [0.1, 0.15) is 5.56 Å². The summed E-state index contributed by atoms with van der Waals surface area (Å²) in [5.74, 6) is 0. The monoisotopic (exact) mass is 524 g/mol. The number of benzene rings is 6. The summed E-state index contributed by atoms with van der Waals surface area (Å²) in [5, 5.41) is 17.6. The van der Waals surface area contributed by atoms with Crippen molar-refractivity contribution in [3.8, 4) is 22.9 Å². The first-order chi connectivity index (χ1) is 19.8. The molecular formula is C37H24N2Si. The van der Waals surface area contributed by atoms with Gasteiger partial charge in [0, 0.05) is 16.5 Å². The number of hydrogen-bond donors (Lipinski definition) is 0. The van der Waals surface area contributed by atoms with Crippen LogP contribution in [0.2, 0.25) is 0 Å². The Bertz CT molecular complexity index is 2070. The Labute approximate surface area is 234 Å². The van der Waals surface area contributed by atoms with Crippen molar-refractivity contribution in [3.63, 3.8) is 0 Å². The molecule has 0 aliphatic carbocycles. The lowest BCUT2D eigenvalue weighted by Crippen LogP contribution is -2.72. The summed E-state index contributed by atoms with van der Waals surface area (Å²) in [4.78, 5) is 0. The van der Waals surface area contributed by atoms with Crippen LogP contribution in [0.5, 0.6) is 0 Å². The molecule has 0 atom stereocenters. The van der Waals surface area contributed by atoms with Gasteiger partial charge in [-0.3, -0.25) is 0 Å². The van der Waals surface area contributed by atoms with Gasteiger partial charge in [-0.1, -0.05) is 109 Å². The molecule has 2 nitrogen and oxygen atoms in total. The van der Waals surface area contributed by atoms with E-state index in [4.69, 9.17) is 0 Å². The first kappa shape index (κ1) is 22.8. The third-order valence-electron chi connectivity index (χ3n) is 8.52. The number of nitrogens with zero attached hydrogens (tertiary/aromatic N) is 2. The molecule has 0 spiro atoms. The van der Waals surface area contributed by atoms with E-state index in [0.717, 1.165) is 5.69 Å². The van der Waals surface area contributed by atoms with Gasteiger partial charge in [-0.2, -0.15) is 5.26 Å². The van der Waals surface area contributed by atoms with Crippen molar-refractivity contribution in [2.45, 2.75) is 0 Å². The van der Waals surface area contributed by atoms with Gasteiger partial charge in [-0.25, -0.2) is 0 Å². The maximum Gasteiger partial charge on any atom is 0.180 e. The van der Waals surface area contributed by atoms with E-state index < -0.39 is 8.07 Å². The third-order valence-corrected chi connectivity index (χ3v) is 13.4. The Morgan fingerprint density at radius 2 is 1.07 bits per heavy atom. The van der Waals surface area contributed by atoms with Crippen LogP contribution in [0.3, 0.4) is 0 Å². The fraction of sp³-hybridized carbons (Fsp3) is 0. The summed E-state index contributed by atoms with van der Waals surface area (Å²) in [7, 11) is -2.65. The molecule has 1 aliphatic rings. The van der Waals surface area contributed by atoms with Crippen LogP contribution in [0.25, 0.3) is 38.6 Å². The van der Waals surface area contributed by atoms with Crippen molar-refractivity contribution in [1.29, 1.82) is 5.26 Å². The Morgan fingerprint density at radius 3 is 1.77 bits per heavy atom. The van der Waals surface area contributed by atoms with Crippen molar-refractivity contribution < 1.29 is 0 Å². The summed E-state index contributed by atoms with van der Waals surface area (Å²) in [5.41, 5.74) is 6.91. The zero-order valence-electron chi connectivity index (χ0n) is 21.8. The predicted molar refractivity (Wildman–Crippen MR) is 168 cm³/mol. The molecule has 1 aromatic heterocycles. The van der Waals surface area contributed by atoms with Crippen LogP contribution >= 0.6 is 0 Å².